The molecule has 0 aliphatic rings. The van der Waals surface area contributed by atoms with Crippen LogP contribution in [0.15, 0.2) is 36.5 Å². The molecule has 0 aromatic heterocycles. The second-order valence-electron chi connectivity index (χ2n) is 1.61. The van der Waals surface area contributed by atoms with Crippen LogP contribution in [0.25, 0.3) is 0 Å². The highest BCUT2D eigenvalue weighted by Crippen LogP contribution is 2.00. The lowest BCUT2D eigenvalue weighted by Crippen LogP contribution is -1.75. The van der Waals surface area contributed by atoms with Crippen molar-refractivity contribution in [1.82, 2.24) is 0 Å². The SMILES string of the molecule is C=C/C=C(\C=C/C)CBr.CC. The molecule has 0 aliphatic heterocycles. The monoisotopic (exact) mass is 216 g/mol. The minimum Gasteiger partial charge on any atom is -0.0991 e. The van der Waals surface area contributed by atoms with Gasteiger partial charge in [0.2, 0.25) is 0 Å². The minimum absolute atomic E-state index is 0.892. The third-order valence-corrected chi connectivity index (χ3v) is 1.51. The van der Waals surface area contributed by atoms with E-state index in [0.717, 1.165) is 5.33 Å². The van der Waals surface area contributed by atoms with Gasteiger partial charge in [0.05, 0.1) is 0 Å². The number of allylic oxidation sites excluding steroid dienone is 5. The molecule has 0 amide bonds. The van der Waals surface area contributed by atoms with Crippen LogP contribution in [0.4, 0.5) is 0 Å². The third-order valence-electron chi connectivity index (χ3n) is 0.867. The molecule has 0 spiro atoms. The fraction of sp³-hybridized carbons (Fsp3) is 0.400. The number of halogens is 1. The maximum absolute atomic E-state index is 3.60. The molecule has 0 aromatic carbocycles. The molecule has 0 rings (SSSR count). The Morgan fingerprint density at radius 2 is 2.00 bits per heavy atom. The van der Waals surface area contributed by atoms with Gasteiger partial charge in [-0.1, -0.05) is 60.7 Å². The highest BCUT2D eigenvalue weighted by Gasteiger charge is 1.82. The Bertz CT molecular complexity index is 132. The Hall–Kier alpha value is -0.300. The van der Waals surface area contributed by atoms with E-state index < -0.39 is 0 Å². The predicted molar refractivity (Wildman–Crippen MR) is 58.2 cm³/mol. The molecule has 0 aliphatic carbocycles. The molecule has 0 saturated carbocycles. The highest BCUT2D eigenvalue weighted by atomic mass is 79.9. The quantitative estimate of drug-likeness (QED) is 0.493. The first kappa shape index (κ1) is 13.3. The van der Waals surface area contributed by atoms with Gasteiger partial charge in [0.25, 0.3) is 0 Å². The molecular weight excluding hydrogens is 200 g/mol. The van der Waals surface area contributed by atoms with Crippen molar-refractivity contribution in [2.45, 2.75) is 20.8 Å². The zero-order valence-electron chi connectivity index (χ0n) is 7.60. The number of rotatable bonds is 3. The fourth-order valence-corrected chi connectivity index (χ4v) is 0.884. The van der Waals surface area contributed by atoms with Crippen molar-refractivity contribution in [3.8, 4) is 0 Å². The van der Waals surface area contributed by atoms with Crippen LogP contribution in [-0.2, 0) is 0 Å². The van der Waals surface area contributed by atoms with Crippen molar-refractivity contribution in [3.63, 3.8) is 0 Å². The molecule has 0 heterocycles. The summed E-state index contributed by atoms with van der Waals surface area (Å²) in [6.07, 6.45) is 7.83. The van der Waals surface area contributed by atoms with Gasteiger partial charge in [-0.2, -0.15) is 0 Å². The summed E-state index contributed by atoms with van der Waals surface area (Å²) in [5.74, 6) is 0. The first-order valence-electron chi connectivity index (χ1n) is 3.85. The van der Waals surface area contributed by atoms with E-state index in [4.69, 9.17) is 0 Å². The zero-order chi connectivity index (χ0) is 9.11. The first-order valence-corrected chi connectivity index (χ1v) is 4.97. The molecule has 0 atom stereocenters. The molecule has 0 N–H and O–H groups in total. The first-order chi connectivity index (χ1) is 5.35. The van der Waals surface area contributed by atoms with E-state index in [2.05, 4.69) is 28.6 Å². The van der Waals surface area contributed by atoms with Crippen molar-refractivity contribution < 1.29 is 0 Å². The number of hydrogen-bond acceptors (Lipinski definition) is 0. The van der Waals surface area contributed by atoms with Gasteiger partial charge >= 0.3 is 0 Å². The molecule has 0 radical (unpaired) electrons. The molecule has 0 aromatic rings. The summed E-state index contributed by atoms with van der Waals surface area (Å²) in [4.78, 5) is 0. The Balaban J connectivity index is 0. The summed E-state index contributed by atoms with van der Waals surface area (Å²) >= 11 is 3.35. The normalized spacial score (nSPS) is 10.7. The summed E-state index contributed by atoms with van der Waals surface area (Å²) in [7, 11) is 0. The molecule has 0 bridgehead atoms. The average Bonchev–Trinajstić information content (AvgIpc) is 2.08. The van der Waals surface area contributed by atoms with Crippen LogP contribution < -0.4 is 0 Å². The summed E-state index contributed by atoms with van der Waals surface area (Å²) in [6, 6.07) is 0. The van der Waals surface area contributed by atoms with Gasteiger partial charge in [-0.05, 0) is 12.5 Å². The van der Waals surface area contributed by atoms with Crippen LogP contribution in [-0.4, -0.2) is 5.33 Å². The lowest BCUT2D eigenvalue weighted by molar-refractivity contribution is 1.50. The molecule has 64 valence electrons. The summed E-state index contributed by atoms with van der Waals surface area (Å²) in [5.41, 5.74) is 1.24. The largest absolute Gasteiger partial charge is 0.0991 e. The number of alkyl halides is 1. The van der Waals surface area contributed by atoms with Gasteiger partial charge in [0, 0.05) is 5.33 Å². The summed E-state index contributed by atoms with van der Waals surface area (Å²) < 4.78 is 0. The summed E-state index contributed by atoms with van der Waals surface area (Å²) in [6.45, 7) is 9.60. The molecule has 11 heavy (non-hydrogen) atoms. The lowest BCUT2D eigenvalue weighted by atomic mass is 10.2. The van der Waals surface area contributed by atoms with Crippen LogP contribution in [0, 0.1) is 0 Å². The van der Waals surface area contributed by atoms with E-state index in [-0.39, 0.29) is 0 Å². The topological polar surface area (TPSA) is 0 Å². The Labute approximate surface area is 78.8 Å². The van der Waals surface area contributed by atoms with Gasteiger partial charge in [0.15, 0.2) is 0 Å². The smallest absolute Gasteiger partial charge is 0.0282 e. The Morgan fingerprint density at radius 3 is 2.27 bits per heavy atom. The van der Waals surface area contributed by atoms with E-state index in [1.54, 1.807) is 6.08 Å². The fourth-order valence-electron chi connectivity index (χ4n) is 0.510. The van der Waals surface area contributed by atoms with Crippen LogP contribution in [0.2, 0.25) is 0 Å². The van der Waals surface area contributed by atoms with Crippen molar-refractivity contribution in [3.05, 3.63) is 36.5 Å². The molecule has 1 heteroatoms. The maximum Gasteiger partial charge on any atom is 0.0282 e. The van der Waals surface area contributed by atoms with Gasteiger partial charge in [-0.3, -0.25) is 0 Å². The second kappa shape index (κ2) is 12.4. The van der Waals surface area contributed by atoms with Crippen molar-refractivity contribution >= 4 is 15.9 Å². The highest BCUT2D eigenvalue weighted by molar-refractivity contribution is 9.09. The molecular formula is C10H17Br. The van der Waals surface area contributed by atoms with Gasteiger partial charge < -0.3 is 0 Å². The van der Waals surface area contributed by atoms with Crippen molar-refractivity contribution in [1.29, 1.82) is 0 Å². The van der Waals surface area contributed by atoms with Gasteiger partial charge in [0.1, 0.15) is 0 Å². The predicted octanol–water partition coefficient (Wildman–Crippen LogP) is 4.10. The van der Waals surface area contributed by atoms with Crippen LogP contribution in [0.5, 0.6) is 0 Å². The van der Waals surface area contributed by atoms with Crippen LogP contribution in [0.3, 0.4) is 0 Å². The zero-order valence-corrected chi connectivity index (χ0v) is 9.19. The van der Waals surface area contributed by atoms with Gasteiger partial charge in [-0.15, -0.1) is 0 Å². The van der Waals surface area contributed by atoms with E-state index in [0.29, 0.717) is 0 Å². The van der Waals surface area contributed by atoms with Crippen LogP contribution in [0.1, 0.15) is 20.8 Å². The second-order valence-corrected chi connectivity index (χ2v) is 2.17. The molecule has 0 saturated heterocycles. The molecule has 0 nitrogen and oxygen atoms in total. The maximum atomic E-state index is 3.60. The lowest BCUT2D eigenvalue weighted by Gasteiger charge is -1.89. The minimum atomic E-state index is 0.892. The van der Waals surface area contributed by atoms with Crippen molar-refractivity contribution in [2.24, 2.45) is 0 Å². The Kier molecular flexibility index (Phi) is 15.0. The van der Waals surface area contributed by atoms with Gasteiger partial charge in [-0.25, -0.2) is 0 Å². The van der Waals surface area contributed by atoms with E-state index in [9.17, 15) is 0 Å². The molecule has 0 fully saturated rings. The molecule has 0 unspecified atom stereocenters. The van der Waals surface area contributed by atoms with E-state index in [1.807, 2.05) is 32.9 Å². The van der Waals surface area contributed by atoms with Crippen molar-refractivity contribution in [2.75, 3.05) is 5.33 Å². The third kappa shape index (κ3) is 9.70. The summed E-state index contributed by atoms with van der Waals surface area (Å²) in [5, 5.41) is 0.892. The Morgan fingerprint density at radius 1 is 1.45 bits per heavy atom. The van der Waals surface area contributed by atoms with E-state index >= 15 is 0 Å². The average molecular weight is 217 g/mol. The van der Waals surface area contributed by atoms with E-state index in [1.165, 1.54) is 5.57 Å². The standard InChI is InChI=1S/C8H11Br.C2H6/c1-3-5-8(7-9)6-4-2;1-2/h3-6H,1,7H2,2H3;1-2H3/b6-4-,8-5+;. The van der Waals surface area contributed by atoms with Crippen LogP contribution >= 0.6 is 15.9 Å². The number of hydrogen-bond donors (Lipinski definition) is 0.